The topological polar surface area (TPSA) is 56.1 Å². The number of amides is 1. The molecule has 0 radical (unpaired) electrons. The second kappa shape index (κ2) is 7.62. The fourth-order valence-corrected chi connectivity index (χ4v) is 3.15. The van der Waals surface area contributed by atoms with E-state index in [1.165, 1.54) is 5.56 Å². The number of hydrogen-bond donors (Lipinski definition) is 1. The molecule has 1 fully saturated rings. The van der Waals surface area contributed by atoms with Gasteiger partial charge in [-0.15, -0.1) is 0 Å². The molecule has 1 aliphatic heterocycles. The number of ether oxygens (including phenoxy) is 1. The first-order valence-corrected chi connectivity index (χ1v) is 8.57. The maximum Gasteiger partial charge on any atom is 0.220 e. The van der Waals surface area contributed by atoms with Gasteiger partial charge in [0, 0.05) is 26.3 Å². The van der Waals surface area contributed by atoms with Crippen LogP contribution in [0.15, 0.2) is 36.7 Å². The molecule has 1 aromatic heterocycles. The van der Waals surface area contributed by atoms with E-state index < -0.39 is 0 Å². The summed E-state index contributed by atoms with van der Waals surface area (Å²) < 4.78 is 7.71. The first kappa shape index (κ1) is 16.7. The molecule has 0 unspecified atom stereocenters. The highest BCUT2D eigenvalue weighted by Crippen LogP contribution is 2.28. The van der Waals surface area contributed by atoms with Gasteiger partial charge in [-0.25, -0.2) is 0 Å². The fourth-order valence-electron chi connectivity index (χ4n) is 3.15. The van der Waals surface area contributed by atoms with Crippen molar-refractivity contribution in [1.29, 1.82) is 0 Å². The minimum absolute atomic E-state index is 0.0443. The van der Waals surface area contributed by atoms with Crippen LogP contribution in [-0.2, 0) is 23.0 Å². The van der Waals surface area contributed by atoms with E-state index in [2.05, 4.69) is 41.6 Å². The van der Waals surface area contributed by atoms with Gasteiger partial charge in [0.05, 0.1) is 12.2 Å². The molecule has 128 valence electrons. The van der Waals surface area contributed by atoms with E-state index in [0.29, 0.717) is 12.8 Å². The van der Waals surface area contributed by atoms with Crippen LogP contribution in [0, 0.1) is 6.92 Å². The maximum absolute atomic E-state index is 12.3. The summed E-state index contributed by atoms with van der Waals surface area (Å²) in [5, 5.41) is 7.30. The lowest BCUT2D eigenvalue weighted by Gasteiger charge is -2.32. The highest BCUT2D eigenvalue weighted by molar-refractivity contribution is 5.76. The minimum atomic E-state index is -0.0540. The molecular weight excluding hydrogens is 302 g/mol. The number of aryl methyl sites for hydroxylation is 3. The number of carbonyl (C=O) groups is 1. The Hall–Kier alpha value is -2.14. The molecule has 24 heavy (non-hydrogen) atoms. The van der Waals surface area contributed by atoms with Crippen LogP contribution in [-0.4, -0.2) is 28.3 Å². The third kappa shape index (κ3) is 4.23. The SMILES string of the molecule is Cc1ccc([C@H]2OCCC[C@@H]2NC(=O)CCc2cnn(C)c2)cc1. The number of aromatic nitrogens is 2. The Balaban J connectivity index is 1.58. The van der Waals surface area contributed by atoms with Gasteiger partial charge in [0.1, 0.15) is 6.10 Å². The van der Waals surface area contributed by atoms with Crippen LogP contribution in [0.4, 0.5) is 0 Å². The van der Waals surface area contributed by atoms with Crippen molar-refractivity contribution in [3.63, 3.8) is 0 Å². The highest BCUT2D eigenvalue weighted by atomic mass is 16.5. The summed E-state index contributed by atoms with van der Waals surface area (Å²) in [6, 6.07) is 8.42. The van der Waals surface area contributed by atoms with Crippen LogP contribution in [0.5, 0.6) is 0 Å². The Morgan fingerprint density at radius 2 is 2.17 bits per heavy atom. The summed E-state index contributed by atoms with van der Waals surface area (Å²) in [6.45, 7) is 2.82. The quantitative estimate of drug-likeness (QED) is 0.918. The van der Waals surface area contributed by atoms with Crippen molar-refractivity contribution in [3.05, 3.63) is 53.3 Å². The van der Waals surface area contributed by atoms with Crippen molar-refractivity contribution in [2.45, 2.75) is 44.8 Å². The Morgan fingerprint density at radius 3 is 2.88 bits per heavy atom. The van der Waals surface area contributed by atoms with E-state index in [1.54, 1.807) is 4.68 Å². The van der Waals surface area contributed by atoms with Gasteiger partial charge in [-0.05, 0) is 37.3 Å². The summed E-state index contributed by atoms with van der Waals surface area (Å²) >= 11 is 0. The monoisotopic (exact) mass is 327 g/mol. The third-order valence-corrected chi connectivity index (χ3v) is 4.47. The summed E-state index contributed by atoms with van der Waals surface area (Å²) in [5.41, 5.74) is 3.45. The van der Waals surface area contributed by atoms with Crippen molar-refractivity contribution in [3.8, 4) is 0 Å². The van der Waals surface area contributed by atoms with E-state index in [1.807, 2.05) is 19.4 Å². The van der Waals surface area contributed by atoms with Gasteiger partial charge in [0.2, 0.25) is 5.91 Å². The average molecular weight is 327 g/mol. The number of nitrogens with one attached hydrogen (secondary N) is 1. The third-order valence-electron chi connectivity index (χ3n) is 4.47. The van der Waals surface area contributed by atoms with Gasteiger partial charge >= 0.3 is 0 Å². The highest BCUT2D eigenvalue weighted by Gasteiger charge is 2.28. The normalized spacial score (nSPS) is 20.8. The minimum Gasteiger partial charge on any atom is -0.371 e. The van der Waals surface area contributed by atoms with Crippen LogP contribution < -0.4 is 5.32 Å². The Bertz CT molecular complexity index is 678. The Labute approximate surface area is 143 Å². The van der Waals surface area contributed by atoms with Gasteiger partial charge in [0.15, 0.2) is 0 Å². The molecule has 0 bridgehead atoms. The molecule has 0 aliphatic carbocycles. The van der Waals surface area contributed by atoms with Crippen LogP contribution in [0.2, 0.25) is 0 Å². The summed E-state index contributed by atoms with van der Waals surface area (Å²) in [6.07, 6.45) is 6.83. The predicted octanol–water partition coefficient (Wildman–Crippen LogP) is 2.70. The van der Waals surface area contributed by atoms with Crippen molar-refractivity contribution in [2.24, 2.45) is 7.05 Å². The van der Waals surface area contributed by atoms with Crippen LogP contribution >= 0.6 is 0 Å². The van der Waals surface area contributed by atoms with Gasteiger partial charge in [0.25, 0.3) is 0 Å². The van der Waals surface area contributed by atoms with Crippen LogP contribution in [0.1, 0.15) is 42.1 Å². The Kier molecular flexibility index (Phi) is 5.30. The predicted molar refractivity (Wildman–Crippen MR) is 92.6 cm³/mol. The molecule has 5 heteroatoms. The number of carbonyl (C=O) groups excluding carboxylic acids is 1. The summed E-state index contributed by atoms with van der Waals surface area (Å²) in [5.74, 6) is 0.0754. The first-order valence-electron chi connectivity index (χ1n) is 8.57. The standard InChI is InChI=1S/C19H25N3O2/c1-14-5-8-16(9-6-14)19-17(4-3-11-24-19)21-18(23)10-7-15-12-20-22(2)13-15/h5-6,8-9,12-13,17,19H,3-4,7,10-11H2,1-2H3,(H,21,23)/t17-,19+/m0/s1. The molecule has 1 amide bonds. The smallest absolute Gasteiger partial charge is 0.220 e. The van der Waals surface area contributed by atoms with Crippen LogP contribution in [0.25, 0.3) is 0 Å². The lowest BCUT2D eigenvalue weighted by atomic mass is 9.95. The lowest BCUT2D eigenvalue weighted by Crippen LogP contribution is -2.42. The van der Waals surface area contributed by atoms with Crippen molar-refractivity contribution < 1.29 is 9.53 Å². The van der Waals surface area contributed by atoms with E-state index >= 15 is 0 Å². The summed E-state index contributed by atoms with van der Waals surface area (Å²) in [7, 11) is 1.88. The first-order chi connectivity index (χ1) is 11.6. The fraction of sp³-hybridized carbons (Fsp3) is 0.474. The number of benzene rings is 1. The molecule has 0 spiro atoms. The number of nitrogens with zero attached hydrogens (tertiary/aromatic N) is 2. The van der Waals surface area contributed by atoms with Crippen molar-refractivity contribution >= 4 is 5.91 Å². The lowest BCUT2D eigenvalue weighted by molar-refractivity contribution is -0.124. The molecule has 0 saturated carbocycles. The van der Waals surface area contributed by atoms with E-state index in [9.17, 15) is 4.79 Å². The van der Waals surface area contributed by atoms with E-state index in [4.69, 9.17) is 4.74 Å². The molecule has 1 aliphatic rings. The Morgan fingerprint density at radius 1 is 1.38 bits per heavy atom. The van der Waals surface area contributed by atoms with Gasteiger partial charge in [-0.2, -0.15) is 5.10 Å². The molecule has 2 heterocycles. The van der Waals surface area contributed by atoms with Crippen LogP contribution in [0.3, 0.4) is 0 Å². The zero-order valence-corrected chi connectivity index (χ0v) is 14.4. The maximum atomic E-state index is 12.3. The van der Waals surface area contributed by atoms with Gasteiger partial charge in [-0.1, -0.05) is 29.8 Å². The second-order valence-electron chi connectivity index (χ2n) is 6.54. The average Bonchev–Trinajstić information content (AvgIpc) is 3.00. The molecular formula is C19H25N3O2. The zero-order chi connectivity index (χ0) is 16.9. The molecule has 1 saturated heterocycles. The molecule has 3 rings (SSSR count). The molecule has 1 aromatic carbocycles. The largest absolute Gasteiger partial charge is 0.371 e. The van der Waals surface area contributed by atoms with Crippen molar-refractivity contribution in [1.82, 2.24) is 15.1 Å². The van der Waals surface area contributed by atoms with E-state index in [-0.39, 0.29) is 18.1 Å². The second-order valence-corrected chi connectivity index (χ2v) is 6.54. The van der Waals surface area contributed by atoms with Gasteiger partial charge < -0.3 is 10.1 Å². The zero-order valence-electron chi connectivity index (χ0n) is 14.4. The number of rotatable bonds is 5. The molecule has 2 atom stereocenters. The summed E-state index contributed by atoms with van der Waals surface area (Å²) in [4.78, 5) is 12.3. The molecule has 1 N–H and O–H groups in total. The van der Waals surface area contributed by atoms with Crippen molar-refractivity contribution in [2.75, 3.05) is 6.61 Å². The molecule has 2 aromatic rings. The van der Waals surface area contributed by atoms with Gasteiger partial charge in [-0.3, -0.25) is 9.48 Å². The number of hydrogen-bond acceptors (Lipinski definition) is 3. The molecule has 5 nitrogen and oxygen atoms in total. The van der Waals surface area contributed by atoms with E-state index in [0.717, 1.165) is 30.6 Å².